The van der Waals surface area contributed by atoms with Crippen molar-refractivity contribution in [3.8, 4) is 0 Å². The maximum absolute atomic E-state index is 10.3. The summed E-state index contributed by atoms with van der Waals surface area (Å²) < 4.78 is 21.3. The summed E-state index contributed by atoms with van der Waals surface area (Å²) in [6.45, 7) is 0.885. The topological polar surface area (TPSA) is 179 Å². The Bertz CT molecular complexity index is 420. The van der Waals surface area contributed by atoms with Gasteiger partial charge in [-0.1, -0.05) is 6.92 Å². The molecule has 0 bridgehead atoms. The molecule has 154 valence electrons. The Kier molecular flexibility index (Phi) is 8.12. The normalized spacial score (nSPS) is 47.1. The summed E-state index contributed by atoms with van der Waals surface area (Å²) in [6.07, 6.45) is -13.6. The van der Waals surface area contributed by atoms with E-state index in [0.717, 1.165) is 0 Å². The van der Waals surface area contributed by atoms with E-state index >= 15 is 0 Å². The maximum Gasteiger partial charge on any atom is 0.187 e. The van der Waals surface area contributed by atoms with Gasteiger partial charge in [0.25, 0.3) is 0 Å². The molecule has 0 aromatic heterocycles. The molecule has 0 aliphatic carbocycles. The molecule has 0 aromatic rings. The van der Waals surface area contributed by atoms with Gasteiger partial charge >= 0.3 is 0 Å². The van der Waals surface area contributed by atoms with Gasteiger partial charge < -0.3 is 54.7 Å². The van der Waals surface area contributed by atoms with Crippen molar-refractivity contribution in [1.82, 2.24) is 0 Å². The lowest BCUT2D eigenvalue weighted by atomic mass is 9.97. The maximum atomic E-state index is 10.3. The molecule has 2 saturated heterocycles. The average Bonchev–Trinajstić information content (AvgIpc) is 2.64. The molecule has 2 aliphatic heterocycles. The molecule has 26 heavy (non-hydrogen) atoms. The molecule has 7 N–H and O–H groups in total. The van der Waals surface area contributed by atoms with E-state index in [1.807, 2.05) is 6.92 Å². The lowest BCUT2D eigenvalue weighted by molar-refractivity contribution is -0.359. The Morgan fingerprint density at radius 2 is 1.31 bits per heavy atom. The number of rotatable bonds is 7. The summed E-state index contributed by atoms with van der Waals surface area (Å²) >= 11 is 0. The van der Waals surface area contributed by atoms with Crippen molar-refractivity contribution in [3.05, 3.63) is 0 Å². The molecule has 2 fully saturated rings. The highest BCUT2D eigenvalue weighted by Gasteiger charge is 2.50. The third-order valence-corrected chi connectivity index (χ3v) is 4.45. The third kappa shape index (κ3) is 4.51. The van der Waals surface area contributed by atoms with E-state index in [9.17, 15) is 35.7 Å². The van der Waals surface area contributed by atoms with E-state index in [4.69, 9.17) is 18.9 Å². The van der Waals surface area contributed by atoms with Gasteiger partial charge in [0.15, 0.2) is 12.6 Å². The molecule has 11 heteroatoms. The minimum absolute atomic E-state index is 0.269. The lowest BCUT2D eigenvalue weighted by Gasteiger charge is -2.45. The predicted octanol–water partition coefficient (Wildman–Crippen LogP) is -3.96. The zero-order valence-corrected chi connectivity index (χ0v) is 14.4. The Hall–Kier alpha value is -0.440. The molecule has 2 heterocycles. The van der Waals surface area contributed by atoms with Crippen LogP contribution >= 0.6 is 0 Å². The quantitative estimate of drug-likeness (QED) is 0.228. The zero-order chi connectivity index (χ0) is 19.4. The van der Waals surface area contributed by atoms with Crippen molar-refractivity contribution in [2.45, 2.75) is 74.8 Å². The first-order chi connectivity index (χ1) is 12.3. The Morgan fingerprint density at radius 3 is 1.88 bits per heavy atom. The Morgan fingerprint density at radius 1 is 0.731 bits per heavy atom. The van der Waals surface area contributed by atoms with Crippen LogP contribution in [0.25, 0.3) is 0 Å². The van der Waals surface area contributed by atoms with E-state index in [1.165, 1.54) is 0 Å². The summed E-state index contributed by atoms with van der Waals surface area (Å²) in [5.74, 6) is 0. The summed E-state index contributed by atoms with van der Waals surface area (Å²) in [4.78, 5) is 0. The van der Waals surface area contributed by atoms with E-state index in [-0.39, 0.29) is 6.61 Å². The van der Waals surface area contributed by atoms with E-state index in [2.05, 4.69) is 0 Å². The first-order valence-corrected chi connectivity index (χ1v) is 8.55. The van der Waals surface area contributed by atoms with Gasteiger partial charge in [-0.15, -0.1) is 0 Å². The molecule has 0 unspecified atom stereocenters. The van der Waals surface area contributed by atoms with Crippen molar-refractivity contribution in [3.63, 3.8) is 0 Å². The van der Waals surface area contributed by atoms with Crippen molar-refractivity contribution >= 4 is 0 Å². The summed E-state index contributed by atoms with van der Waals surface area (Å²) in [6, 6.07) is 0. The van der Waals surface area contributed by atoms with Crippen LogP contribution in [0, 0.1) is 0 Å². The molecule has 11 nitrogen and oxygen atoms in total. The van der Waals surface area contributed by atoms with Gasteiger partial charge in [0.1, 0.15) is 48.8 Å². The van der Waals surface area contributed by atoms with Crippen LogP contribution in [0.5, 0.6) is 0 Å². The second-order valence-electron chi connectivity index (χ2n) is 6.38. The highest BCUT2D eigenvalue weighted by molar-refractivity contribution is 4.94. The standard InChI is InChI=1S/C15H28O11/c1-2-3-23-14-12(22)10(20)13(7(5-17)25-14)26-15-11(21)9(19)8(18)6(4-16)24-15/h6-22H,2-5H2,1H3/t6-,7-,8+,9+,10-,11-,12-,13-,14+,15+/m1/s1. The highest BCUT2D eigenvalue weighted by Crippen LogP contribution is 2.29. The second-order valence-corrected chi connectivity index (χ2v) is 6.38. The number of hydrogen-bond acceptors (Lipinski definition) is 11. The Balaban J connectivity index is 2.09. The number of hydrogen-bond donors (Lipinski definition) is 7. The van der Waals surface area contributed by atoms with Gasteiger partial charge in [-0.3, -0.25) is 0 Å². The minimum atomic E-state index is -1.69. The summed E-state index contributed by atoms with van der Waals surface area (Å²) in [5, 5.41) is 68.7. The van der Waals surface area contributed by atoms with Gasteiger partial charge in [-0.05, 0) is 6.42 Å². The molecular weight excluding hydrogens is 356 g/mol. The molecule has 0 amide bonds. The average molecular weight is 384 g/mol. The first kappa shape index (κ1) is 21.9. The van der Waals surface area contributed by atoms with Gasteiger partial charge in [-0.2, -0.15) is 0 Å². The molecular formula is C15H28O11. The van der Waals surface area contributed by atoms with Crippen molar-refractivity contribution in [2.75, 3.05) is 19.8 Å². The smallest absolute Gasteiger partial charge is 0.187 e. The third-order valence-electron chi connectivity index (χ3n) is 4.45. The van der Waals surface area contributed by atoms with Crippen molar-refractivity contribution < 1.29 is 54.7 Å². The highest BCUT2D eigenvalue weighted by atomic mass is 16.7. The minimum Gasteiger partial charge on any atom is -0.394 e. The van der Waals surface area contributed by atoms with Crippen LogP contribution in [0.15, 0.2) is 0 Å². The number of aliphatic hydroxyl groups excluding tert-OH is 7. The van der Waals surface area contributed by atoms with Crippen LogP contribution in [0.2, 0.25) is 0 Å². The van der Waals surface area contributed by atoms with Crippen LogP contribution in [-0.2, 0) is 18.9 Å². The first-order valence-electron chi connectivity index (χ1n) is 8.55. The molecule has 2 rings (SSSR count). The van der Waals surface area contributed by atoms with Gasteiger partial charge in [-0.25, -0.2) is 0 Å². The van der Waals surface area contributed by atoms with Crippen LogP contribution in [0.3, 0.4) is 0 Å². The van der Waals surface area contributed by atoms with E-state index < -0.39 is 74.6 Å². The van der Waals surface area contributed by atoms with Crippen LogP contribution in [0.1, 0.15) is 13.3 Å². The van der Waals surface area contributed by atoms with Crippen molar-refractivity contribution in [1.29, 1.82) is 0 Å². The molecule has 0 aromatic carbocycles. The molecule has 10 atom stereocenters. The van der Waals surface area contributed by atoms with E-state index in [0.29, 0.717) is 6.42 Å². The SMILES string of the molecule is CCCO[C@H]1O[C@H](CO)[C@@H](O[C@@H]2O[C@H](CO)[C@H](O)[C@H](O)[C@H]2O)[C@H](O)[C@H]1O. The molecule has 2 aliphatic rings. The fraction of sp³-hybridized carbons (Fsp3) is 1.00. The number of ether oxygens (including phenoxy) is 4. The van der Waals surface area contributed by atoms with Crippen LogP contribution < -0.4 is 0 Å². The van der Waals surface area contributed by atoms with Crippen molar-refractivity contribution in [2.24, 2.45) is 0 Å². The summed E-state index contributed by atoms with van der Waals surface area (Å²) in [7, 11) is 0. The number of aliphatic hydroxyl groups is 7. The fourth-order valence-electron chi connectivity index (χ4n) is 2.93. The summed E-state index contributed by atoms with van der Waals surface area (Å²) in [5.41, 5.74) is 0. The van der Waals surface area contributed by atoms with Crippen LogP contribution in [-0.4, -0.2) is 117 Å². The second kappa shape index (κ2) is 9.66. The van der Waals surface area contributed by atoms with Gasteiger partial charge in [0.05, 0.1) is 13.2 Å². The zero-order valence-electron chi connectivity index (χ0n) is 14.4. The van der Waals surface area contributed by atoms with Crippen LogP contribution in [0.4, 0.5) is 0 Å². The predicted molar refractivity (Wildman–Crippen MR) is 82.6 cm³/mol. The largest absolute Gasteiger partial charge is 0.394 e. The molecule has 0 spiro atoms. The Labute approximate surface area is 150 Å². The van der Waals surface area contributed by atoms with Gasteiger partial charge in [0.2, 0.25) is 0 Å². The fourth-order valence-corrected chi connectivity index (χ4v) is 2.93. The van der Waals surface area contributed by atoms with E-state index in [1.54, 1.807) is 0 Å². The molecule has 0 saturated carbocycles. The lowest BCUT2D eigenvalue weighted by Crippen LogP contribution is -2.64. The van der Waals surface area contributed by atoms with Gasteiger partial charge in [0, 0.05) is 6.61 Å². The monoisotopic (exact) mass is 384 g/mol. The molecule has 0 radical (unpaired) electrons.